The molecule has 1 aliphatic heterocycles. The van der Waals surface area contributed by atoms with Gasteiger partial charge >= 0.3 is 0 Å². The number of fused-ring (bicyclic) bond motifs is 1. The van der Waals surface area contributed by atoms with Gasteiger partial charge in [0, 0.05) is 22.3 Å². The van der Waals surface area contributed by atoms with E-state index >= 15 is 0 Å². The first-order chi connectivity index (χ1) is 14.1. The van der Waals surface area contributed by atoms with Crippen molar-refractivity contribution in [3.8, 4) is 11.5 Å². The lowest BCUT2D eigenvalue weighted by atomic mass is 10.2. The molecule has 1 amide bonds. The predicted octanol–water partition coefficient (Wildman–Crippen LogP) is 2.98. The first kappa shape index (κ1) is 18.6. The summed E-state index contributed by atoms with van der Waals surface area (Å²) in [5.41, 5.74) is 12.8. The van der Waals surface area contributed by atoms with Crippen molar-refractivity contribution in [3.05, 3.63) is 59.4 Å². The third kappa shape index (κ3) is 4.25. The number of nitrogens with one attached hydrogen (secondary N) is 3. The van der Waals surface area contributed by atoms with Gasteiger partial charge in [-0.2, -0.15) is 0 Å². The standard InChI is InChI=1S/C19H17ClN6O3/c20-12-3-1-11(2-4-12)19(27)26-25-18-16(21)17(22-10-23-18)24-13-5-6-14-15(9-13)29-8-7-28-14/h1-6,9-10H,7-8,21H2,(H,26,27)(H2,22,23,24,25). The number of amides is 1. The zero-order chi connectivity index (χ0) is 20.2. The number of carbonyl (C=O) groups is 1. The van der Waals surface area contributed by atoms with Crippen molar-refractivity contribution in [3.63, 3.8) is 0 Å². The van der Waals surface area contributed by atoms with Crippen molar-refractivity contribution in [2.24, 2.45) is 0 Å². The summed E-state index contributed by atoms with van der Waals surface area (Å²) in [4.78, 5) is 20.4. The molecule has 0 radical (unpaired) electrons. The van der Waals surface area contributed by atoms with E-state index in [0.717, 1.165) is 5.69 Å². The molecule has 1 aromatic heterocycles. The molecule has 2 aromatic carbocycles. The molecule has 3 aromatic rings. The van der Waals surface area contributed by atoms with Crippen molar-refractivity contribution in [1.82, 2.24) is 15.4 Å². The van der Waals surface area contributed by atoms with E-state index in [1.165, 1.54) is 6.33 Å². The van der Waals surface area contributed by atoms with Crippen molar-refractivity contribution in [1.29, 1.82) is 0 Å². The molecule has 9 nitrogen and oxygen atoms in total. The summed E-state index contributed by atoms with van der Waals surface area (Å²) >= 11 is 5.83. The number of rotatable bonds is 5. The lowest BCUT2D eigenvalue weighted by Crippen LogP contribution is -2.30. The second-order valence-electron chi connectivity index (χ2n) is 6.05. The molecule has 0 saturated carbocycles. The highest BCUT2D eigenvalue weighted by Gasteiger charge is 2.14. The molecule has 0 atom stereocenters. The van der Waals surface area contributed by atoms with Crippen LogP contribution in [0.5, 0.6) is 11.5 Å². The number of hydrogen-bond donors (Lipinski definition) is 4. The zero-order valence-electron chi connectivity index (χ0n) is 15.1. The summed E-state index contributed by atoms with van der Waals surface area (Å²) in [5, 5.41) is 3.65. The van der Waals surface area contributed by atoms with Crippen molar-refractivity contribution in [2.45, 2.75) is 0 Å². The molecular formula is C19H17ClN6O3. The number of nitrogens with two attached hydrogens (primary N) is 1. The van der Waals surface area contributed by atoms with Gasteiger partial charge in [0.05, 0.1) is 0 Å². The minimum absolute atomic E-state index is 0.235. The Morgan fingerprint density at radius 2 is 1.72 bits per heavy atom. The lowest BCUT2D eigenvalue weighted by molar-refractivity contribution is 0.0962. The van der Waals surface area contributed by atoms with Crippen LogP contribution in [0, 0.1) is 0 Å². The van der Waals surface area contributed by atoms with Crippen LogP contribution in [-0.4, -0.2) is 29.1 Å². The number of carbonyl (C=O) groups excluding carboxylic acids is 1. The van der Waals surface area contributed by atoms with Crippen LogP contribution in [0.15, 0.2) is 48.8 Å². The van der Waals surface area contributed by atoms with Gasteiger partial charge in [-0.05, 0) is 36.4 Å². The number of ether oxygens (including phenoxy) is 2. The molecule has 0 aliphatic carbocycles. The number of hydrogen-bond acceptors (Lipinski definition) is 8. The Hall–Kier alpha value is -3.72. The second-order valence-corrected chi connectivity index (χ2v) is 6.49. The normalized spacial score (nSPS) is 12.2. The van der Waals surface area contributed by atoms with Gasteiger partial charge in [0.25, 0.3) is 5.91 Å². The Morgan fingerprint density at radius 1 is 1.00 bits per heavy atom. The van der Waals surface area contributed by atoms with Gasteiger partial charge in [0.1, 0.15) is 25.2 Å². The predicted molar refractivity (Wildman–Crippen MR) is 110 cm³/mol. The van der Waals surface area contributed by atoms with Crippen LogP contribution < -0.4 is 31.4 Å². The molecule has 0 spiro atoms. The summed E-state index contributed by atoms with van der Waals surface area (Å²) < 4.78 is 11.1. The van der Waals surface area contributed by atoms with E-state index in [1.54, 1.807) is 36.4 Å². The lowest BCUT2D eigenvalue weighted by Gasteiger charge is -2.19. The molecule has 2 heterocycles. The Morgan fingerprint density at radius 3 is 2.52 bits per heavy atom. The SMILES string of the molecule is Nc1c(NNC(=O)c2ccc(Cl)cc2)ncnc1Nc1ccc2c(c1)OCCO2. The Balaban J connectivity index is 1.46. The van der Waals surface area contributed by atoms with E-state index < -0.39 is 0 Å². The number of nitrogen functional groups attached to an aromatic ring is 1. The third-order valence-electron chi connectivity index (χ3n) is 4.09. The number of hydrazine groups is 1. The highest BCUT2D eigenvalue weighted by atomic mass is 35.5. The summed E-state index contributed by atoms with van der Waals surface area (Å²) in [6.07, 6.45) is 1.33. The Bertz CT molecular complexity index is 1040. The molecule has 10 heteroatoms. The fourth-order valence-electron chi connectivity index (χ4n) is 2.64. The van der Waals surface area contributed by atoms with Gasteiger partial charge in [-0.1, -0.05) is 11.6 Å². The van der Waals surface area contributed by atoms with Crippen molar-refractivity contribution in [2.75, 3.05) is 29.7 Å². The Kier molecular flexibility index (Phi) is 5.21. The minimum Gasteiger partial charge on any atom is -0.486 e. The van der Waals surface area contributed by atoms with Crippen molar-refractivity contribution < 1.29 is 14.3 Å². The van der Waals surface area contributed by atoms with Gasteiger partial charge < -0.3 is 20.5 Å². The van der Waals surface area contributed by atoms with Crippen molar-refractivity contribution >= 4 is 40.5 Å². The topological polar surface area (TPSA) is 123 Å². The summed E-state index contributed by atoms with van der Waals surface area (Å²) in [7, 11) is 0. The molecule has 148 valence electrons. The first-order valence-corrected chi connectivity index (χ1v) is 9.07. The summed E-state index contributed by atoms with van der Waals surface area (Å²) in [5.74, 6) is 1.59. The average Bonchev–Trinajstić information content (AvgIpc) is 2.74. The molecule has 0 saturated heterocycles. The molecule has 5 N–H and O–H groups in total. The van der Waals surface area contributed by atoms with E-state index in [-0.39, 0.29) is 17.4 Å². The average molecular weight is 413 g/mol. The maximum absolute atomic E-state index is 12.2. The molecule has 0 unspecified atom stereocenters. The molecular weight excluding hydrogens is 396 g/mol. The summed E-state index contributed by atoms with van der Waals surface area (Å²) in [6.45, 7) is 1.02. The highest BCUT2D eigenvalue weighted by molar-refractivity contribution is 6.30. The van der Waals surface area contributed by atoms with E-state index in [1.807, 2.05) is 6.07 Å². The van der Waals surface area contributed by atoms with Crippen LogP contribution in [-0.2, 0) is 0 Å². The molecule has 29 heavy (non-hydrogen) atoms. The number of halogens is 1. The smallest absolute Gasteiger partial charge is 0.269 e. The fraction of sp³-hybridized carbons (Fsp3) is 0.105. The maximum Gasteiger partial charge on any atom is 0.269 e. The maximum atomic E-state index is 12.2. The van der Waals surface area contributed by atoms with E-state index in [0.29, 0.717) is 41.1 Å². The number of nitrogens with zero attached hydrogens (tertiary/aromatic N) is 2. The highest BCUT2D eigenvalue weighted by Crippen LogP contribution is 2.34. The number of anilines is 4. The van der Waals surface area contributed by atoms with Gasteiger partial charge in [-0.15, -0.1) is 0 Å². The van der Waals surface area contributed by atoms with Gasteiger partial charge in [0.15, 0.2) is 23.1 Å². The largest absolute Gasteiger partial charge is 0.486 e. The van der Waals surface area contributed by atoms with E-state index in [4.69, 9.17) is 26.8 Å². The molecule has 0 fully saturated rings. The first-order valence-electron chi connectivity index (χ1n) is 8.69. The zero-order valence-corrected chi connectivity index (χ0v) is 15.9. The quantitative estimate of drug-likeness (QED) is 0.471. The fourth-order valence-corrected chi connectivity index (χ4v) is 2.77. The van der Waals surface area contributed by atoms with Crippen LogP contribution in [0.1, 0.15) is 10.4 Å². The van der Waals surface area contributed by atoms with Crippen LogP contribution in [0.25, 0.3) is 0 Å². The van der Waals surface area contributed by atoms with Crippen LogP contribution in [0.3, 0.4) is 0 Å². The molecule has 0 bridgehead atoms. The monoisotopic (exact) mass is 412 g/mol. The second kappa shape index (κ2) is 8.11. The number of aromatic nitrogens is 2. The van der Waals surface area contributed by atoms with E-state index in [9.17, 15) is 4.79 Å². The third-order valence-corrected chi connectivity index (χ3v) is 4.34. The van der Waals surface area contributed by atoms with Gasteiger partial charge in [-0.3, -0.25) is 15.6 Å². The number of benzene rings is 2. The summed E-state index contributed by atoms with van der Waals surface area (Å²) in [6, 6.07) is 11.9. The van der Waals surface area contributed by atoms with Crippen LogP contribution >= 0.6 is 11.6 Å². The van der Waals surface area contributed by atoms with Crippen LogP contribution in [0.4, 0.5) is 23.0 Å². The molecule has 4 rings (SSSR count). The van der Waals surface area contributed by atoms with E-state index in [2.05, 4.69) is 26.1 Å². The minimum atomic E-state index is -0.360. The molecule has 1 aliphatic rings. The Labute approximate surface area is 171 Å². The van der Waals surface area contributed by atoms with Gasteiger partial charge in [0.2, 0.25) is 0 Å². The van der Waals surface area contributed by atoms with Gasteiger partial charge in [-0.25, -0.2) is 9.97 Å². The van der Waals surface area contributed by atoms with Crippen LogP contribution in [0.2, 0.25) is 5.02 Å².